The normalized spacial score (nSPS) is 14.2. The van der Waals surface area contributed by atoms with E-state index in [1.807, 2.05) is 11.0 Å². The van der Waals surface area contributed by atoms with Crippen molar-refractivity contribution in [3.63, 3.8) is 0 Å². The first kappa shape index (κ1) is 22.4. The first-order valence-electron chi connectivity index (χ1n) is 10.5. The molecule has 1 N–H and O–H groups in total. The van der Waals surface area contributed by atoms with Crippen molar-refractivity contribution in [1.29, 1.82) is 0 Å². The summed E-state index contributed by atoms with van der Waals surface area (Å²) in [5.74, 6) is 1.30. The lowest BCUT2D eigenvalue weighted by molar-refractivity contribution is -0.137. The van der Waals surface area contributed by atoms with Crippen LogP contribution in [-0.4, -0.2) is 26.4 Å². The predicted molar refractivity (Wildman–Crippen MR) is 120 cm³/mol. The number of aromatic nitrogens is 3. The molecule has 0 amide bonds. The number of aromatic amines is 1. The average molecular weight is 487 g/mol. The molecule has 1 aromatic carbocycles. The van der Waals surface area contributed by atoms with Crippen LogP contribution in [0.15, 0.2) is 64.1 Å². The minimum Gasteiger partial charge on any atom is -0.460 e. The van der Waals surface area contributed by atoms with E-state index in [4.69, 9.17) is 16.0 Å². The third-order valence-electron chi connectivity index (χ3n) is 5.68. The van der Waals surface area contributed by atoms with Gasteiger partial charge in [0.2, 0.25) is 0 Å². The highest BCUT2D eigenvalue weighted by Gasteiger charge is 2.31. The predicted octanol–water partition coefficient (Wildman–Crippen LogP) is 5.32. The van der Waals surface area contributed by atoms with Crippen molar-refractivity contribution in [2.24, 2.45) is 0 Å². The van der Waals surface area contributed by atoms with Crippen molar-refractivity contribution in [2.45, 2.75) is 25.7 Å². The van der Waals surface area contributed by atoms with Crippen LogP contribution in [0.4, 0.5) is 13.2 Å². The van der Waals surface area contributed by atoms with Crippen LogP contribution in [-0.2, 0) is 25.7 Å². The summed E-state index contributed by atoms with van der Waals surface area (Å²) in [7, 11) is 0. The van der Waals surface area contributed by atoms with Crippen molar-refractivity contribution in [3.8, 4) is 22.7 Å². The first-order chi connectivity index (χ1) is 16.3. The summed E-state index contributed by atoms with van der Waals surface area (Å²) in [4.78, 5) is 26.3. The lowest BCUT2D eigenvalue weighted by atomic mass is 10.1. The van der Waals surface area contributed by atoms with E-state index in [1.54, 1.807) is 30.6 Å². The Kier molecular flexibility index (Phi) is 5.75. The summed E-state index contributed by atoms with van der Waals surface area (Å²) in [5.41, 5.74) is 1.25. The van der Waals surface area contributed by atoms with Crippen LogP contribution in [0.1, 0.15) is 22.6 Å². The van der Waals surface area contributed by atoms with Gasteiger partial charge in [0.1, 0.15) is 17.3 Å². The number of furan rings is 1. The molecule has 4 aromatic rings. The minimum absolute atomic E-state index is 0.169. The van der Waals surface area contributed by atoms with Crippen LogP contribution >= 0.6 is 11.6 Å². The van der Waals surface area contributed by atoms with Crippen LogP contribution < -0.4 is 5.56 Å². The molecular weight excluding hydrogens is 469 g/mol. The Morgan fingerprint density at radius 1 is 1.18 bits per heavy atom. The Labute approximate surface area is 197 Å². The van der Waals surface area contributed by atoms with Gasteiger partial charge in [-0.1, -0.05) is 11.6 Å². The zero-order valence-electron chi connectivity index (χ0n) is 17.7. The molecule has 6 nitrogen and oxygen atoms in total. The number of benzene rings is 1. The highest BCUT2D eigenvalue weighted by molar-refractivity contribution is 6.33. The average Bonchev–Trinajstić information content (AvgIpc) is 3.27. The van der Waals surface area contributed by atoms with Gasteiger partial charge >= 0.3 is 6.18 Å². The monoisotopic (exact) mass is 486 g/mol. The Morgan fingerprint density at radius 3 is 2.79 bits per heavy atom. The number of alkyl halides is 3. The van der Waals surface area contributed by atoms with Gasteiger partial charge in [-0.25, -0.2) is 4.98 Å². The fraction of sp³-hybridized carbons (Fsp3) is 0.208. The molecule has 1 aliphatic heterocycles. The van der Waals surface area contributed by atoms with Gasteiger partial charge in [0.05, 0.1) is 28.4 Å². The highest BCUT2D eigenvalue weighted by atomic mass is 35.5. The van der Waals surface area contributed by atoms with Crippen molar-refractivity contribution in [1.82, 2.24) is 19.9 Å². The number of hydrogen-bond donors (Lipinski definition) is 1. The molecule has 0 bridgehead atoms. The molecule has 0 radical (unpaired) electrons. The Hall–Kier alpha value is -3.43. The van der Waals surface area contributed by atoms with Crippen molar-refractivity contribution in [3.05, 3.63) is 92.8 Å². The molecule has 1 aliphatic rings. The Balaban J connectivity index is 1.34. The minimum atomic E-state index is -4.48. The lowest BCUT2D eigenvalue weighted by Gasteiger charge is -2.26. The highest BCUT2D eigenvalue weighted by Crippen LogP contribution is 2.36. The molecule has 0 aliphatic carbocycles. The van der Waals surface area contributed by atoms with E-state index in [0.29, 0.717) is 43.2 Å². The molecular formula is C24H18ClF3N4O2. The van der Waals surface area contributed by atoms with E-state index < -0.39 is 11.7 Å². The maximum absolute atomic E-state index is 13.1. The molecule has 0 spiro atoms. The second-order valence-corrected chi connectivity index (χ2v) is 8.41. The number of fused-ring (bicyclic) bond motifs is 1. The summed E-state index contributed by atoms with van der Waals surface area (Å²) >= 11 is 6.13. The third-order valence-corrected chi connectivity index (χ3v) is 6.01. The molecule has 3 aromatic heterocycles. The smallest absolute Gasteiger partial charge is 0.416 e. The zero-order valence-corrected chi connectivity index (χ0v) is 18.5. The summed E-state index contributed by atoms with van der Waals surface area (Å²) in [6.45, 7) is 1.42. The molecule has 10 heteroatoms. The first-order valence-corrected chi connectivity index (χ1v) is 10.9. The zero-order chi connectivity index (χ0) is 23.9. The second-order valence-electron chi connectivity index (χ2n) is 8.00. The van der Waals surface area contributed by atoms with Gasteiger partial charge in [-0.2, -0.15) is 13.2 Å². The van der Waals surface area contributed by atoms with Crippen LogP contribution in [0.25, 0.3) is 22.7 Å². The number of nitrogens with zero attached hydrogens (tertiary/aromatic N) is 3. The van der Waals surface area contributed by atoms with Crippen LogP contribution in [0.2, 0.25) is 5.02 Å². The van der Waals surface area contributed by atoms with E-state index >= 15 is 0 Å². The van der Waals surface area contributed by atoms with Gasteiger partial charge in [-0.05, 0) is 42.5 Å². The lowest BCUT2D eigenvalue weighted by Crippen LogP contribution is -2.35. The van der Waals surface area contributed by atoms with Gasteiger partial charge in [0.15, 0.2) is 0 Å². The number of nitrogens with one attached hydrogen (secondary N) is 1. The summed E-state index contributed by atoms with van der Waals surface area (Å²) in [6.07, 6.45) is -0.600. The molecule has 0 atom stereocenters. The van der Waals surface area contributed by atoms with Crippen molar-refractivity contribution < 1.29 is 17.6 Å². The van der Waals surface area contributed by atoms with E-state index in [2.05, 4.69) is 15.0 Å². The van der Waals surface area contributed by atoms with Crippen molar-refractivity contribution >= 4 is 11.6 Å². The third kappa shape index (κ3) is 4.49. The van der Waals surface area contributed by atoms with E-state index in [-0.39, 0.29) is 21.9 Å². The van der Waals surface area contributed by atoms with E-state index in [0.717, 1.165) is 23.4 Å². The standard InChI is InChI=1S/C24H18ClF3N4O2/c25-19-5-3-15(24(26,27)28)10-17(19)21-6-4-16(34-21)12-32-9-7-20-18(13-32)23(33)31-22(30-20)14-2-1-8-29-11-14/h1-6,8,10-11H,7,9,12-13H2,(H,30,31,33). The molecule has 0 unspecified atom stereocenters. The Bertz CT molecular complexity index is 1400. The van der Waals surface area contributed by atoms with Gasteiger partial charge in [0, 0.05) is 43.0 Å². The van der Waals surface area contributed by atoms with Gasteiger partial charge in [-0.3, -0.25) is 14.7 Å². The van der Waals surface area contributed by atoms with Crippen LogP contribution in [0, 0.1) is 0 Å². The maximum Gasteiger partial charge on any atom is 0.416 e. The van der Waals surface area contributed by atoms with E-state index in [9.17, 15) is 18.0 Å². The maximum atomic E-state index is 13.1. The van der Waals surface area contributed by atoms with E-state index in [1.165, 1.54) is 6.07 Å². The molecule has 0 fully saturated rings. The summed E-state index contributed by atoms with van der Waals surface area (Å²) in [6, 6.07) is 10.0. The number of hydrogen-bond acceptors (Lipinski definition) is 5. The second kappa shape index (κ2) is 8.73. The molecule has 34 heavy (non-hydrogen) atoms. The van der Waals surface area contributed by atoms with Gasteiger partial charge < -0.3 is 9.40 Å². The topological polar surface area (TPSA) is 75.0 Å². The quantitative estimate of drug-likeness (QED) is 0.422. The molecule has 4 heterocycles. The van der Waals surface area contributed by atoms with Gasteiger partial charge in [0.25, 0.3) is 5.56 Å². The summed E-state index contributed by atoms with van der Waals surface area (Å²) in [5, 5.41) is 0.169. The molecule has 174 valence electrons. The fourth-order valence-electron chi connectivity index (χ4n) is 3.97. The SMILES string of the molecule is O=c1[nH]c(-c2cccnc2)nc2c1CN(Cc1ccc(-c3cc(C(F)(F)F)ccc3Cl)o1)CC2. The molecule has 0 saturated carbocycles. The number of H-pyrrole nitrogens is 1. The summed E-state index contributed by atoms with van der Waals surface area (Å²) < 4.78 is 45.1. The number of rotatable bonds is 4. The van der Waals surface area contributed by atoms with Crippen LogP contribution in [0.3, 0.4) is 0 Å². The number of halogens is 4. The Morgan fingerprint density at radius 2 is 2.03 bits per heavy atom. The molecule has 0 saturated heterocycles. The fourth-order valence-corrected chi connectivity index (χ4v) is 4.18. The van der Waals surface area contributed by atoms with Crippen LogP contribution in [0.5, 0.6) is 0 Å². The number of pyridine rings is 1. The largest absolute Gasteiger partial charge is 0.460 e. The van der Waals surface area contributed by atoms with Gasteiger partial charge in [-0.15, -0.1) is 0 Å². The molecule has 5 rings (SSSR count). The van der Waals surface area contributed by atoms with Crippen molar-refractivity contribution in [2.75, 3.05) is 6.54 Å².